The Kier molecular flexibility index (Phi) is 5.68. The van der Waals surface area contributed by atoms with E-state index in [-0.39, 0.29) is 5.57 Å². The number of nitrogens with zero attached hydrogens (tertiary/aromatic N) is 1. The Morgan fingerprint density at radius 3 is 2.21 bits per heavy atom. The number of benzene rings is 2. The van der Waals surface area contributed by atoms with Crippen LogP contribution in [0.1, 0.15) is 30.9 Å². The third-order valence-electron chi connectivity index (χ3n) is 4.75. The molecule has 0 aliphatic carbocycles. The van der Waals surface area contributed by atoms with E-state index in [2.05, 4.69) is 6.92 Å². The van der Waals surface area contributed by atoms with Gasteiger partial charge in [-0.15, -0.1) is 0 Å². The molecule has 2 aromatic rings. The molecule has 2 amide bonds. The molecule has 0 aromatic heterocycles. The number of amides is 2. The number of imide groups is 1. The van der Waals surface area contributed by atoms with Crippen LogP contribution in [-0.4, -0.2) is 31.1 Å². The van der Waals surface area contributed by atoms with Gasteiger partial charge in [0.1, 0.15) is 0 Å². The van der Waals surface area contributed by atoms with Crippen LogP contribution in [0.25, 0.3) is 5.57 Å². The first-order valence-corrected chi connectivity index (χ1v) is 9.15. The standard InChI is InChI=1S/C22H23NO5/c1-4-5-6-14-7-10-16(11-8-14)23-21(25)19(20(24)22(23)26)15-9-12-17(27-2)18(13-15)28-3/h7-13,24H,4-6H2,1-3H3. The summed E-state index contributed by atoms with van der Waals surface area (Å²) in [5.74, 6) is -0.999. The van der Waals surface area contributed by atoms with Gasteiger partial charge in [0.05, 0.1) is 25.5 Å². The summed E-state index contributed by atoms with van der Waals surface area (Å²) in [5, 5.41) is 10.4. The quantitative estimate of drug-likeness (QED) is 0.737. The summed E-state index contributed by atoms with van der Waals surface area (Å²) in [6.07, 6.45) is 3.11. The van der Waals surface area contributed by atoms with E-state index in [4.69, 9.17) is 9.47 Å². The number of methoxy groups -OCH3 is 2. The van der Waals surface area contributed by atoms with Crippen molar-refractivity contribution < 1.29 is 24.2 Å². The lowest BCUT2D eigenvalue weighted by molar-refractivity contribution is -0.121. The van der Waals surface area contributed by atoms with Gasteiger partial charge >= 0.3 is 5.91 Å². The van der Waals surface area contributed by atoms with E-state index in [0.717, 1.165) is 29.7 Å². The van der Waals surface area contributed by atoms with Gasteiger partial charge in [-0.2, -0.15) is 0 Å². The molecule has 1 N–H and O–H groups in total. The molecule has 0 radical (unpaired) electrons. The second-order valence-corrected chi connectivity index (χ2v) is 6.51. The molecule has 6 heteroatoms. The largest absolute Gasteiger partial charge is 0.502 e. The van der Waals surface area contributed by atoms with Crippen molar-refractivity contribution in [3.8, 4) is 11.5 Å². The molecule has 146 valence electrons. The smallest absolute Gasteiger partial charge is 0.301 e. The van der Waals surface area contributed by atoms with Crippen molar-refractivity contribution in [2.24, 2.45) is 0 Å². The summed E-state index contributed by atoms with van der Waals surface area (Å²) in [5.41, 5.74) is 1.90. The van der Waals surface area contributed by atoms with Gasteiger partial charge in [-0.25, -0.2) is 4.90 Å². The van der Waals surface area contributed by atoms with Crippen molar-refractivity contribution in [3.63, 3.8) is 0 Å². The molecule has 3 rings (SSSR count). The van der Waals surface area contributed by atoms with Gasteiger partial charge in [0.2, 0.25) is 0 Å². The molecule has 0 fully saturated rings. The zero-order valence-electron chi connectivity index (χ0n) is 16.2. The number of unbranched alkanes of at least 4 members (excludes halogenated alkanes) is 1. The maximum Gasteiger partial charge on any atom is 0.301 e. The number of anilines is 1. The molecule has 6 nitrogen and oxygen atoms in total. The first-order chi connectivity index (χ1) is 13.5. The molecule has 0 bridgehead atoms. The first kappa shape index (κ1) is 19.5. The first-order valence-electron chi connectivity index (χ1n) is 9.15. The van der Waals surface area contributed by atoms with Crippen molar-refractivity contribution >= 4 is 23.1 Å². The van der Waals surface area contributed by atoms with E-state index in [0.29, 0.717) is 22.7 Å². The Bertz CT molecular complexity index is 930. The van der Waals surface area contributed by atoms with Crippen molar-refractivity contribution in [2.45, 2.75) is 26.2 Å². The molecule has 1 heterocycles. The lowest BCUT2D eigenvalue weighted by Crippen LogP contribution is -2.31. The Balaban J connectivity index is 1.92. The summed E-state index contributed by atoms with van der Waals surface area (Å²) in [7, 11) is 2.98. The highest BCUT2D eigenvalue weighted by molar-refractivity contribution is 6.44. The summed E-state index contributed by atoms with van der Waals surface area (Å²) < 4.78 is 10.4. The van der Waals surface area contributed by atoms with Crippen LogP contribution >= 0.6 is 0 Å². The van der Waals surface area contributed by atoms with Gasteiger partial charge < -0.3 is 14.6 Å². The molecular formula is C22H23NO5. The molecule has 0 unspecified atom stereocenters. The number of aliphatic hydroxyl groups excluding tert-OH is 1. The Hall–Kier alpha value is -3.28. The molecule has 0 saturated carbocycles. The number of rotatable bonds is 7. The van der Waals surface area contributed by atoms with Crippen LogP contribution in [-0.2, 0) is 16.0 Å². The number of aryl methyl sites for hydroxylation is 1. The van der Waals surface area contributed by atoms with E-state index in [9.17, 15) is 14.7 Å². The second kappa shape index (κ2) is 8.17. The Morgan fingerprint density at radius 2 is 1.61 bits per heavy atom. The van der Waals surface area contributed by atoms with E-state index in [1.807, 2.05) is 12.1 Å². The summed E-state index contributed by atoms with van der Waals surface area (Å²) in [4.78, 5) is 26.5. The van der Waals surface area contributed by atoms with Crippen LogP contribution in [0.3, 0.4) is 0 Å². The molecule has 0 saturated heterocycles. The SMILES string of the molecule is CCCCc1ccc(N2C(=O)C(O)=C(c3ccc(OC)c(OC)c3)C2=O)cc1. The second-order valence-electron chi connectivity index (χ2n) is 6.51. The van der Waals surface area contributed by atoms with Crippen LogP contribution < -0.4 is 14.4 Å². The zero-order valence-corrected chi connectivity index (χ0v) is 16.2. The summed E-state index contributed by atoms with van der Waals surface area (Å²) >= 11 is 0. The highest BCUT2D eigenvalue weighted by Crippen LogP contribution is 2.36. The maximum absolute atomic E-state index is 13.0. The average Bonchev–Trinajstić information content (AvgIpc) is 2.94. The Morgan fingerprint density at radius 1 is 0.929 bits per heavy atom. The van der Waals surface area contributed by atoms with Gasteiger partial charge in [-0.3, -0.25) is 9.59 Å². The summed E-state index contributed by atoms with van der Waals surface area (Å²) in [6.45, 7) is 2.13. The van der Waals surface area contributed by atoms with E-state index in [1.165, 1.54) is 14.2 Å². The molecule has 1 aliphatic heterocycles. The van der Waals surface area contributed by atoms with Crippen LogP contribution in [0.5, 0.6) is 11.5 Å². The zero-order chi connectivity index (χ0) is 20.3. The van der Waals surface area contributed by atoms with Crippen LogP contribution in [0, 0.1) is 0 Å². The van der Waals surface area contributed by atoms with Crippen molar-refractivity contribution in [1.29, 1.82) is 0 Å². The van der Waals surface area contributed by atoms with Crippen LogP contribution in [0.4, 0.5) is 5.69 Å². The number of hydrogen-bond acceptors (Lipinski definition) is 5. The molecule has 1 aliphatic rings. The molecule has 0 atom stereocenters. The molecular weight excluding hydrogens is 358 g/mol. The predicted octanol–water partition coefficient (Wildman–Crippen LogP) is 3.89. The van der Waals surface area contributed by atoms with Crippen LogP contribution in [0.2, 0.25) is 0 Å². The minimum atomic E-state index is -0.740. The van der Waals surface area contributed by atoms with Crippen molar-refractivity contribution in [3.05, 3.63) is 59.4 Å². The number of aliphatic hydroxyl groups is 1. The predicted molar refractivity (Wildman–Crippen MR) is 107 cm³/mol. The highest BCUT2D eigenvalue weighted by Gasteiger charge is 2.40. The van der Waals surface area contributed by atoms with Gasteiger partial charge in [0.25, 0.3) is 5.91 Å². The van der Waals surface area contributed by atoms with Crippen molar-refractivity contribution in [2.75, 3.05) is 19.1 Å². The average molecular weight is 381 g/mol. The minimum Gasteiger partial charge on any atom is -0.502 e. The fraction of sp³-hybridized carbons (Fsp3) is 0.273. The van der Waals surface area contributed by atoms with Gasteiger partial charge in [0.15, 0.2) is 17.3 Å². The van der Waals surface area contributed by atoms with Gasteiger partial charge in [-0.1, -0.05) is 31.5 Å². The number of hydrogen-bond donors (Lipinski definition) is 1. The number of ether oxygens (including phenoxy) is 2. The number of carbonyl (C=O) groups is 2. The van der Waals surface area contributed by atoms with Crippen molar-refractivity contribution in [1.82, 2.24) is 0 Å². The lowest BCUT2D eigenvalue weighted by Gasteiger charge is -2.15. The molecule has 0 spiro atoms. The number of carbonyl (C=O) groups excluding carboxylic acids is 2. The molecule has 2 aromatic carbocycles. The van der Waals surface area contributed by atoms with Gasteiger partial charge in [-0.05, 0) is 48.2 Å². The third-order valence-corrected chi connectivity index (χ3v) is 4.75. The molecule has 28 heavy (non-hydrogen) atoms. The maximum atomic E-state index is 13.0. The third kappa shape index (κ3) is 3.45. The van der Waals surface area contributed by atoms with Gasteiger partial charge in [0, 0.05) is 0 Å². The highest BCUT2D eigenvalue weighted by atomic mass is 16.5. The summed E-state index contributed by atoms with van der Waals surface area (Å²) in [6, 6.07) is 12.0. The minimum absolute atomic E-state index is 0.0546. The van der Waals surface area contributed by atoms with Crippen LogP contribution in [0.15, 0.2) is 48.2 Å². The monoisotopic (exact) mass is 381 g/mol. The normalized spacial score (nSPS) is 14.0. The Labute approximate surface area is 164 Å². The topological polar surface area (TPSA) is 76.1 Å². The fourth-order valence-electron chi connectivity index (χ4n) is 3.20. The van der Waals surface area contributed by atoms with E-state index in [1.54, 1.807) is 30.3 Å². The lowest BCUT2D eigenvalue weighted by atomic mass is 10.0. The van der Waals surface area contributed by atoms with E-state index < -0.39 is 17.6 Å². The van der Waals surface area contributed by atoms with E-state index >= 15 is 0 Å². The fourth-order valence-corrected chi connectivity index (χ4v) is 3.20.